The van der Waals surface area contributed by atoms with Crippen LogP contribution in [0.3, 0.4) is 0 Å². The summed E-state index contributed by atoms with van der Waals surface area (Å²) in [4.78, 5) is 2.37. The van der Waals surface area contributed by atoms with E-state index in [0.29, 0.717) is 6.54 Å². The Morgan fingerprint density at radius 3 is 2.50 bits per heavy atom. The fraction of sp³-hybridized carbons (Fsp3) is 0.600. The summed E-state index contributed by atoms with van der Waals surface area (Å²) in [5.74, 6) is 0. The molecule has 0 aliphatic rings. The molecule has 0 fully saturated rings. The Morgan fingerprint density at radius 1 is 1.22 bits per heavy atom. The van der Waals surface area contributed by atoms with Gasteiger partial charge in [-0.1, -0.05) is 31.5 Å². The summed E-state index contributed by atoms with van der Waals surface area (Å²) in [5.41, 5.74) is 7.02. The molecule has 0 aromatic heterocycles. The highest BCUT2D eigenvalue weighted by Crippen LogP contribution is 2.15. The molecular weight excluding hydrogens is 224 g/mol. The SMILES string of the molecule is CCCCN(CC(CN)OCC)c1ccccc1. The van der Waals surface area contributed by atoms with Gasteiger partial charge in [0.05, 0.1) is 6.10 Å². The second kappa shape index (κ2) is 8.95. The summed E-state index contributed by atoms with van der Waals surface area (Å²) in [7, 11) is 0. The lowest BCUT2D eigenvalue weighted by Crippen LogP contribution is -2.39. The summed E-state index contributed by atoms with van der Waals surface area (Å²) >= 11 is 0. The van der Waals surface area contributed by atoms with E-state index < -0.39 is 0 Å². The van der Waals surface area contributed by atoms with Gasteiger partial charge in [-0.2, -0.15) is 0 Å². The topological polar surface area (TPSA) is 38.5 Å². The van der Waals surface area contributed by atoms with Crippen molar-refractivity contribution in [1.82, 2.24) is 0 Å². The number of para-hydroxylation sites is 1. The van der Waals surface area contributed by atoms with Crippen molar-refractivity contribution in [2.75, 3.05) is 31.1 Å². The number of benzene rings is 1. The predicted molar refractivity (Wildman–Crippen MR) is 78.0 cm³/mol. The Kier molecular flexibility index (Phi) is 7.46. The summed E-state index contributed by atoms with van der Waals surface area (Å²) in [6, 6.07) is 10.5. The molecule has 0 saturated heterocycles. The average molecular weight is 250 g/mol. The Hall–Kier alpha value is -1.06. The lowest BCUT2D eigenvalue weighted by Gasteiger charge is -2.28. The highest BCUT2D eigenvalue weighted by Gasteiger charge is 2.13. The Labute approximate surface area is 111 Å². The van der Waals surface area contributed by atoms with Crippen LogP contribution in [0.4, 0.5) is 5.69 Å². The highest BCUT2D eigenvalue weighted by molar-refractivity contribution is 5.46. The number of nitrogens with zero attached hydrogens (tertiary/aromatic N) is 1. The van der Waals surface area contributed by atoms with Crippen molar-refractivity contribution in [3.8, 4) is 0 Å². The second-order valence-corrected chi connectivity index (χ2v) is 4.45. The van der Waals surface area contributed by atoms with Gasteiger partial charge in [0.25, 0.3) is 0 Å². The van der Waals surface area contributed by atoms with E-state index in [1.165, 1.54) is 18.5 Å². The van der Waals surface area contributed by atoms with Crippen LogP contribution in [-0.2, 0) is 4.74 Å². The maximum Gasteiger partial charge on any atom is 0.0871 e. The molecule has 1 atom stereocenters. The molecule has 0 saturated carbocycles. The first-order valence-electron chi connectivity index (χ1n) is 6.93. The fourth-order valence-electron chi connectivity index (χ4n) is 1.99. The third-order valence-corrected chi connectivity index (χ3v) is 2.99. The zero-order valence-corrected chi connectivity index (χ0v) is 11.6. The van der Waals surface area contributed by atoms with Gasteiger partial charge in [0.1, 0.15) is 0 Å². The minimum Gasteiger partial charge on any atom is -0.375 e. The summed E-state index contributed by atoms with van der Waals surface area (Å²) < 4.78 is 5.66. The standard InChI is InChI=1S/C15H26N2O/c1-3-5-11-17(13-15(12-16)18-4-2)14-9-7-6-8-10-14/h6-10,15H,3-5,11-13,16H2,1-2H3. The van der Waals surface area contributed by atoms with Crippen LogP contribution in [0.1, 0.15) is 26.7 Å². The van der Waals surface area contributed by atoms with Gasteiger partial charge in [-0.15, -0.1) is 0 Å². The van der Waals surface area contributed by atoms with Crippen LogP contribution in [-0.4, -0.2) is 32.3 Å². The molecule has 3 nitrogen and oxygen atoms in total. The fourth-order valence-corrected chi connectivity index (χ4v) is 1.99. The van der Waals surface area contributed by atoms with Crippen molar-refractivity contribution < 1.29 is 4.74 Å². The first kappa shape index (κ1) is 15.0. The van der Waals surface area contributed by atoms with Crippen LogP contribution in [0.25, 0.3) is 0 Å². The molecule has 0 spiro atoms. The van der Waals surface area contributed by atoms with Gasteiger partial charge in [-0.05, 0) is 25.5 Å². The van der Waals surface area contributed by atoms with Crippen LogP contribution in [0.2, 0.25) is 0 Å². The number of anilines is 1. The predicted octanol–water partition coefficient (Wildman–Crippen LogP) is 2.66. The quantitative estimate of drug-likeness (QED) is 0.732. The molecule has 1 aromatic rings. The van der Waals surface area contributed by atoms with Crippen LogP contribution in [0.5, 0.6) is 0 Å². The first-order chi connectivity index (χ1) is 8.81. The zero-order chi connectivity index (χ0) is 13.2. The molecule has 0 radical (unpaired) electrons. The molecule has 102 valence electrons. The molecular formula is C15H26N2O. The molecule has 0 heterocycles. The monoisotopic (exact) mass is 250 g/mol. The first-order valence-corrected chi connectivity index (χ1v) is 6.93. The molecule has 0 aliphatic heterocycles. The Balaban J connectivity index is 2.65. The summed E-state index contributed by atoms with van der Waals surface area (Å²) in [6.07, 6.45) is 2.51. The van der Waals surface area contributed by atoms with Gasteiger partial charge >= 0.3 is 0 Å². The molecule has 3 heteroatoms. The lowest BCUT2D eigenvalue weighted by atomic mass is 10.2. The van der Waals surface area contributed by atoms with E-state index in [1.54, 1.807) is 0 Å². The number of hydrogen-bond acceptors (Lipinski definition) is 3. The zero-order valence-electron chi connectivity index (χ0n) is 11.6. The van der Waals surface area contributed by atoms with Crippen molar-refractivity contribution in [2.45, 2.75) is 32.8 Å². The maximum atomic E-state index is 5.76. The van der Waals surface area contributed by atoms with Gasteiger partial charge in [-0.3, -0.25) is 0 Å². The lowest BCUT2D eigenvalue weighted by molar-refractivity contribution is 0.0736. The maximum absolute atomic E-state index is 5.76. The summed E-state index contributed by atoms with van der Waals surface area (Å²) in [6.45, 7) is 7.45. The number of hydrogen-bond donors (Lipinski definition) is 1. The van der Waals surface area contributed by atoms with Crippen LogP contribution in [0.15, 0.2) is 30.3 Å². The van der Waals surface area contributed by atoms with Gasteiger partial charge in [0.2, 0.25) is 0 Å². The van der Waals surface area contributed by atoms with E-state index in [4.69, 9.17) is 10.5 Å². The number of nitrogens with two attached hydrogens (primary N) is 1. The summed E-state index contributed by atoms with van der Waals surface area (Å²) in [5, 5.41) is 0. The highest BCUT2D eigenvalue weighted by atomic mass is 16.5. The van der Waals surface area contributed by atoms with E-state index in [0.717, 1.165) is 19.7 Å². The number of ether oxygens (including phenoxy) is 1. The van der Waals surface area contributed by atoms with Gasteiger partial charge < -0.3 is 15.4 Å². The Bertz CT molecular complexity index is 303. The third kappa shape index (κ3) is 5.07. The minimum absolute atomic E-state index is 0.118. The van der Waals surface area contributed by atoms with E-state index in [1.807, 2.05) is 13.0 Å². The molecule has 1 aromatic carbocycles. The van der Waals surface area contributed by atoms with E-state index in [-0.39, 0.29) is 6.10 Å². The van der Waals surface area contributed by atoms with Crippen molar-refractivity contribution in [3.05, 3.63) is 30.3 Å². The second-order valence-electron chi connectivity index (χ2n) is 4.45. The van der Waals surface area contributed by atoms with E-state index in [2.05, 4.69) is 36.1 Å². The minimum atomic E-state index is 0.118. The van der Waals surface area contributed by atoms with Crippen molar-refractivity contribution in [3.63, 3.8) is 0 Å². The molecule has 2 N–H and O–H groups in total. The van der Waals surface area contributed by atoms with Gasteiger partial charge in [0, 0.05) is 31.9 Å². The molecule has 1 unspecified atom stereocenters. The normalized spacial score (nSPS) is 12.4. The molecule has 1 rings (SSSR count). The molecule has 0 amide bonds. The van der Waals surface area contributed by atoms with Gasteiger partial charge in [0.15, 0.2) is 0 Å². The van der Waals surface area contributed by atoms with Crippen LogP contribution < -0.4 is 10.6 Å². The van der Waals surface area contributed by atoms with Crippen molar-refractivity contribution in [1.29, 1.82) is 0 Å². The number of unbranched alkanes of at least 4 members (excludes halogenated alkanes) is 1. The smallest absolute Gasteiger partial charge is 0.0871 e. The number of rotatable bonds is 9. The van der Waals surface area contributed by atoms with E-state index in [9.17, 15) is 0 Å². The van der Waals surface area contributed by atoms with Crippen LogP contribution >= 0.6 is 0 Å². The Morgan fingerprint density at radius 2 is 1.94 bits per heavy atom. The molecule has 0 bridgehead atoms. The van der Waals surface area contributed by atoms with Gasteiger partial charge in [-0.25, -0.2) is 0 Å². The molecule has 0 aliphatic carbocycles. The van der Waals surface area contributed by atoms with Crippen molar-refractivity contribution >= 4 is 5.69 Å². The third-order valence-electron chi connectivity index (χ3n) is 2.99. The largest absolute Gasteiger partial charge is 0.375 e. The van der Waals surface area contributed by atoms with E-state index >= 15 is 0 Å². The molecule has 18 heavy (non-hydrogen) atoms. The van der Waals surface area contributed by atoms with Crippen molar-refractivity contribution in [2.24, 2.45) is 5.73 Å². The average Bonchev–Trinajstić information content (AvgIpc) is 2.43. The van der Waals surface area contributed by atoms with Crippen LogP contribution in [0, 0.1) is 0 Å².